The highest BCUT2D eigenvalue weighted by atomic mass is 19.3. The molecule has 0 N–H and O–H groups in total. The van der Waals surface area contributed by atoms with Crippen molar-refractivity contribution in [3.63, 3.8) is 0 Å². The van der Waals surface area contributed by atoms with Crippen LogP contribution in [0.5, 0.6) is 11.5 Å². The second kappa shape index (κ2) is 8.98. The molecule has 0 fully saturated rings. The van der Waals surface area contributed by atoms with Gasteiger partial charge in [0.05, 0.1) is 12.2 Å². The SMILES string of the molecule is O=C(C(=O)c1ccccc1OCCC(F)F)c1ccc(OC(F)F)cc1. The van der Waals surface area contributed by atoms with Crippen LogP contribution in [0.25, 0.3) is 0 Å². The van der Waals surface area contributed by atoms with E-state index in [0.29, 0.717) is 0 Å². The van der Waals surface area contributed by atoms with Crippen LogP contribution in [-0.2, 0) is 0 Å². The number of ketones is 2. The predicted molar refractivity (Wildman–Crippen MR) is 84.3 cm³/mol. The number of hydrogen-bond acceptors (Lipinski definition) is 4. The molecule has 2 aromatic carbocycles. The summed E-state index contributed by atoms with van der Waals surface area (Å²) in [6.45, 7) is -3.31. The second-order valence-corrected chi connectivity index (χ2v) is 5.09. The number of ether oxygens (including phenoxy) is 2. The van der Waals surface area contributed by atoms with E-state index in [2.05, 4.69) is 4.74 Å². The Morgan fingerprint density at radius 1 is 0.885 bits per heavy atom. The predicted octanol–water partition coefficient (Wildman–Crippen LogP) is 4.39. The quantitative estimate of drug-likeness (QED) is 0.373. The molecule has 2 aromatic rings. The van der Waals surface area contributed by atoms with Gasteiger partial charge >= 0.3 is 6.61 Å². The zero-order valence-electron chi connectivity index (χ0n) is 13.3. The molecule has 8 heteroatoms. The average molecular weight is 370 g/mol. The van der Waals surface area contributed by atoms with Crippen molar-refractivity contribution in [1.29, 1.82) is 0 Å². The van der Waals surface area contributed by atoms with Crippen LogP contribution >= 0.6 is 0 Å². The largest absolute Gasteiger partial charge is 0.493 e. The van der Waals surface area contributed by atoms with Crippen molar-refractivity contribution in [2.24, 2.45) is 0 Å². The number of carbonyl (C=O) groups excluding carboxylic acids is 2. The maximum absolute atomic E-state index is 12.4. The number of hydrogen-bond donors (Lipinski definition) is 0. The molecule has 0 saturated heterocycles. The summed E-state index contributed by atoms with van der Waals surface area (Å²) in [5.41, 5.74) is -0.0985. The third-order valence-corrected chi connectivity index (χ3v) is 3.27. The van der Waals surface area contributed by atoms with Crippen LogP contribution in [0.3, 0.4) is 0 Å². The van der Waals surface area contributed by atoms with Crippen LogP contribution in [0.2, 0.25) is 0 Å². The molecule has 0 spiro atoms. The minimum atomic E-state index is -3.00. The molecular weight excluding hydrogens is 356 g/mol. The molecule has 0 unspecified atom stereocenters. The topological polar surface area (TPSA) is 52.6 Å². The first-order valence-corrected chi connectivity index (χ1v) is 7.52. The van der Waals surface area contributed by atoms with Crippen molar-refractivity contribution >= 4 is 11.6 Å². The third kappa shape index (κ3) is 5.30. The summed E-state index contributed by atoms with van der Waals surface area (Å²) in [7, 11) is 0. The summed E-state index contributed by atoms with van der Waals surface area (Å²) in [5, 5.41) is 0. The first-order valence-electron chi connectivity index (χ1n) is 7.52. The van der Waals surface area contributed by atoms with E-state index in [1.165, 1.54) is 36.4 Å². The van der Waals surface area contributed by atoms with Gasteiger partial charge in [0.25, 0.3) is 0 Å². The molecule has 0 aliphatic rings. The van der Waals surface area contributed by atoms with Gasteiger partial charge in [0, 0.05) is 12.0 Å². The number of alkyl halides is 4. The van der Waals surface area contributed by atoms with Crippen LogP contribution in [-0.4, -0.2) is 31.2 Å². The van der Waals surface area contributed by atoms with Gasteiger partial charge in [-0.15, -0.1) is 0 Å². The molecule has 26 heavy (non-hydrogen) atoms. The van der Waals surface area contributed by atoms with Gasteiger partial charge in [-0.2, -0.15) is 8.78 Å². The van der Waals surface area contributed by atoms with Gasteiger partial charge < -0.3 is 9.47 Å². The van der Waals surface area contributed by atoms with Crippen LogP contribution in [0.4, 0.5) is 17.6 Å². The van der Waals surface area contributed by atoms with E-state index in [1.54, 1.807) is 0 Å². The number of benzene rings is 2. The van der Waals surface area contributed by atoms with Gasteiger partial charge in [-0.3, -0.25) is 9.59 Å². The third-order valence-electron chi connectivity index (χ3n) is 3.27. The van der Waals surface area contributed by atoms with Crippen molar-refractivity contribution in [3.8, 4) is 11.5 Å². The molecule has 0 heterocycles. The maximum Gasteiger partial charge on any atom is 0.387 e. The fraction of sp³-hybridized carbons (Fsp3) is 0.222. The van der Waals surface area contributed by atoms with Crippen LogP contribution in [0, 0.1) is 0 Å². The Morgan fingerprint density at radius 3 is 2.15 bits per heavy atom. The van der Waals surface area contributed by atoms with E-state index in [1.807, 2.05) is 0 Å². The number of Topliss-reactive ketones (excluding diaryl/α,β-unsaturated/α-hetero) is 2. The van der Waals surface area contributed by atoms with Crippen molar-refractivity contribution < 1.29 is 36.6 Å². The highest BCUT2D eigenvalue weighted by Gasteiger charge is 2.22. The van der Waals surface area contributed by atoms with E-state index in [4.69, 9.17) is 4.74 Å². The summed E-state index contributed by atoms with van der Waals surface area (Å²) in [4.78, 5) is 24.7. The lowest BCUT2D eigenvalue weighted by molar-refractivity contribution is -0.0498. The fourth-order valence-corrected chi connectivity index (χ4v) is 2.08. The molecule has 4 nitrogen and oxygen atoms in total. The van der Waals surface area contributed by atoms with E-state index in [9.17, 15) is 27.2 Å². The van der Waals surface area contributed by atoms with Crippen molar-refractivity contribution in [2.75, 3.05) is 6.61 Å². The molecule has 0 saturated carbocycles. The second-order valence-electron chi connectivity index (χ2n) is 5.09. The van der Waals surface area contributed by atoms with Crippen LogP contribution < -0.4 is 9.47 Å². The molecule has 2 rings (SSSR count). The Kier molecular flexibility index (Phi) is 6.71. The van der Waals surface area contributed by atoms with Crippen molar-refractivity contribution in [2.45, 2.75) is 19.5 Å². The summed E-state index contributed by atoms with van der Waals surface area (Å²) in [6.07, 6.45) is -3.06. The Balaban J connectivity index is 2.14. The molecule has 0 radical (unpaired) electrons. The van der Waals surface area contributed by atoms with Gasteiger partial charge in [0.2, 0.25) is 18.0 Å². The first-order chi connectivity index (χ1) is 12.4. The van der Waals surface area contributed by atoms with Gasteiger partial charge in [-0.05, 0) is 36.4 Å². The molecule has 0 atom stereocenters. The Bertz CT molecular complexity index is 760. The maximum atomic E-state index is 12.4. The Morgan fingerprint density at radius 2 is 1.54 bits per heavy atom. The molecular formula is C18H14F4O4. The average Bonchev–Trinajstić information content (AvgIpc) is 2.61. The van der Waals surface area contributed by atoms with Gasteiger partial charge in [-0.25, -0.2) is 8.78 Å². The summed E-state index contributed by atoms with van der Waals surface area (Å²) in [6, 6.07) is 10.4. The normalized spacial score (nSPS) is 10.8. The Hall–Kier alpha value is -2.90. The van der Waals surface area contributed by atoms with Crippen LogP contribution in [0.15, 0.2) is 48.5 Å². The molecule has 0 amide bonds. The molecule has 0 bridgehead atoms. The highest BCUT2D eigenvalue weighted by molar-refractivity contribution is 6.49. The number of carbonyl (C=O) groups is 2. The lowest BCUT2D eigenvalue weighted by Gasteiger charge is -2.10. The van der Waals surface area contributed by atoms with E-state index < -0.39 is 31.0 Å². The highest BCUT2D eigenvalue weighted by Crippen LogP contribution is 2.22. The van der Waals surface area contributed by atoms with Gasteiger partial charge in [0.1, 0.15) is 11.5 Å². The zero-order valence-corrected chi connectivity index (χ0v) is 13.3. The Labute approximate surface area is 146 Å². The van der Waals surface area contributed by atoms with Crippen molar-refractivity contribution in [3.05, 3.63) is 59.7 Å². The number of halogens is 4. The van der Waals surface area contributed by atoms with Crippen LogP contribution in [0.1, 0.15) is 27.1 Å². The molecule has 0 aromatic heterocycles. The lowest BCUT2D eigenvalue weighted by atomic mass is 10.0. The zero-order chi connectivity index (χ0) is 19.1. The van der Waals surface area contributed by atoms with E-state index in [0.717, 1.165) is 12.1 Å². The van der Waals surface area contributed by atoms with E-state index in [-0.39, 0.29) is 29.2 Å². The number of rotatable bonds is 9. The minimum absolute atomic E-state index is 0.0177. The molecule has 0 aliphatic heterocycles. The molecule has 138 valence electrons. The standard InChI is InChI=1S/C18H14F4O4/c19-15(20)9-10-25-14-4-2-1-3-13(14)17(24)16(23)11-5-7-12(8-6-11)26-18(21)22/h1-8,15,18H,9-10H2. The minimum Gasteiger partial charge on any atom is -0.493 e. The van der Waals surface area contributed by atoms with Gasteiger partial charge in [-0.1, -0.05) is 12.1 Å². The van der Waals surface area contributed by atoms with Gasteiger partial charge in [0.15, 0.2) is 0 Å². The summed E-state index contributed by atoms with van der Waals surface area (Å²) in [5.74, 6) is -1.93. The summed E-state index contributed by atoms with van der Waals surface area (Å²) >= 11 is 0. The fourth-order valence-electron chi connectivity index (χ4n) is 2.08. The van der Waals surface area contributed by atoms with Crippen molar-refractivity contribution in [1.82, 2.24) is 0 Å². The van der Waals surface area contributed by atoms with E-state index >= 15 is 0 Å². The summed E-state index contributed by atoms with van der Waals surface area (Å²) < 4.78 is 58.0. The monoisotopic (exact) mass is 370 g/mol. The smallest absolute Gasteiger partial charge is 0.387 e. The first kappa shape index (κ1) is 19.4. The number of para-hydroxylation sites is 1. The lowest BCUT2D eigenvalue weighted by Crippen LogP contribution is -2.16. The molecule has 0 aliphatic carbocycles.